The number of phenols is 1. The number of rotatable bonds is 8. The van der Waals surface area contributed by atoms with Gasteiger partial charge in [-0.2, -0.15) is 0 Å². The van der Waals surface area contributed by atoms with Crippen LogP contribution in [0.2, 0.25) is 0 Å². The quantitative estimate of drug-likeness (QED) is 0.444. The van der Waals surface area contributed by atoms with Gasteiger partial charge in [0.1, 0.15) is 17.6 Å². The Balaban J connectivity index is 1.65. The maximum Gasteiger partial charge on any atom is 0.124 e. The van der Waals surface area contributed by atoms with Gasteiger partial charge in [-0.15, -0.1) is 0 Å². The molecule has 0 saturated carbocycles. The van der Waals surface area contributed by atoms with Gasteiger partial charge >= 0.3 is 0 Å². The number of allylic oxidation sites excluding steroid dienone is 1. The molecule has 0 atom stereocenters. The summed E-state index contributed by atoms with van der Waals surface area (Å²) in [6.45, 7) is 7.57. The first-order valence-electron chi connectivity index (χ1n) is 11.2. The summed E-state index contributed by atoms with van der Waals surface area (Å²) in [7, 11) is 0. The first-order chi connectivity index (χ1) is 15.2. The summed E-state index contributed by atoms with van der Waals surface area (Å²) < 4.78 is 6.16. The van der Waals surface area contributed by atoms with Gasteiger partial charge in [0.05, 0.1) is 0 Å². The first-order valence-corrected chi connectivity index (χ1v) is 11.2. The van der Waals surface area contributed by atoms with Crippen molar-refractivity contribution >= 4 is 11.1 Å². The lowest BCUT2D eigenvalue weighted by molar-refractivity contribution is 0.0202. The minimum absolute atomic E-state index is 0.278. The molecule has 0 bridgehead atoms. The molecule has 3 heteroatoms. The Bertz CT molecular complexity index is 1020. The zero-order valence-corrected chi connectivity index (χ0v) is 18.4. The van der Waals surface area contributed by atoms with E-state index in [1.807, 2.05) is 18.2 Å². The highest BCUT2D eigenvalue weighted by atomic mass is 16.5. The molecule has 1 aliphatic heterocycles. The first kappa shape index (κ1) is 21.2. The lowest BCUT2D eigenvalue weighted by Gasteiger charge is -2.38. The van der Waals surface area contributed by atoms with Gasteiger partial charge in [-0.05, 0) is 71.5 Å². The summed E-state index contributed by atoms with van der Waals surface area (Å²) >= 11 is 0. The largest absolute Gasteiger partial charge is 0.508 e. The number of hydrogen-bond donors (Lipinski definition) is 1. The van der Waals surface area contributed by atoms with Crippen molar-refractivity contribution in [3.05, 3.63) is 95.6 Å². The molecule has 0 aromatic heterocycles. The van der Waals surface area contributed by atoms with Crippen molar-refractivity contribution < 1.29 is 9.84 Å². The minimum atomic E-state index is 0.278. The fourth-order valence-electron chi connectivity index (χ4n) is 4.33. The molecule has 160 valence electrons. The van der Waals surface area contributed by atoms with Crippen LogP contribution < -0.4 is 4.74 Å². The average Bonchev–Trinajstić information content (AvgIpc) is 2.77. The fourth-order valence-corrected chi connectivity index (χ4v) is 4.33. The molecule has 1 aliphatic rings. The van der Waals surface area contributed by atoms with E-state index in [1.165, 1.54) is 17.6 Å². The highest BCUT2D eigenvalue weighted by Gasteiger charge is 2.27. The second kappa shape index (κ2) is 9.84. The van der Waals surface area contributed by atoms with Crippen molar-refractivity contribution in [2.45, 2.75) is 32.8 Å². The van der Waals surface area contributed by atoms with Crippen molar-refractivity contribution in [1.82, 2.24) is 4.90 Å². The Morgan fingerprint density at radius 3 is 2.23 bits per heavy atom. The van der Waals surface area contributed by atoms with Crippen LogP contribution in [0.25, 0.3) is 11.1 Å². The molecule has 31 heavy (non-hydrogen) atoms. The number of nitrogens with zero attached hydrogens (tertiary/aromatic N) is 1. The van der Waals surface area contributed by atoms with Gasteiger partial charge in [0.2, 0.25) is 0 Å². The fraction of sp³-hybridized carbons (Fsp3) is 0.286. The van der Waals surface area contributed by atoms with E-state index < -0.39 is 0 Å². The van der Waals surface area contributed by atoms with Crippen molar-refractivity contribution in [2.24, 2.45) is 0 Å². The van der Waals surface area contributed by atoms with E-state index in [0.717, 1.165) is 48.5 Å². The van der Waals surface area contributed by atoms with Crippen molar-refractivity contribution in [3.63, 3.8) is 0 Å². The molecule has 0 unspecified atom stereocenters. The van der Waals surface area contributed by atoms with Gasteiger partial charge in [-0.3, -0.25) is 4.90 Å². The van der Waals surface area contributed by atoms with Crippen molar-refractivity contribution in [3.8, 4) is 11.5 Å². The van der Waals surface area contributed by atoms with Gasteiger partial charge < -0.3 is 9.84 Å². The summed E-state index contributed by atoms with van der Waals surface area (Å²) in [5.74, 6) is 1.19. The van der Waals surface area contributed by atoms with Crippen LogP contribution in [0.15, 0.2) is 78.9 Å². The van der Waals surface area contributed by atoms with E-state index in [4.69, 9.17) is 4.74 Å². The van der Waals surface area contributed by atoms with Gasteiger partial charge in [0, 0.05) is 13.1 Å². The molecule has 1 N–H and O–H groups in total. The molecular formula is C28H31NO2. The van der Waals surface area contributed by atoms with Crippen LogP contribution in [0.3, 0.4) is 0 Å². The normalized spacial score (nSPS) is 15.3. The summed E-state index contributed by atoms with van der Waals surface area (Å²) in [4.78, 5) is 2.43. The molecule has 0 radical (unpaired) electrons. The number of hydrogen-bond acceptors (Lipinski definition) is 3. The van der Waals surface area contributed by atoms with Crippen LogP contribution in [-0.2, 0) is 0 Å². The molecule has 0 spiro atoms. The monoisotopic (exact) mass is 413 g/mol. The maximum atomic E-state index is 10.1. The van der Waals surface area contributed by atoms with E-state index >= 15 is 0 Å². The van der Waals surface area contributed by atoms with E-state index in [2.05, 4.69) is 73.3 Å². The molecule has 4 rings (SSSR count). The van der Waals surface area contributed by atoms with Gasteiger partial charge in [-0.1, -0.05) is 68.4 Å². The lowest BCUT2D eigenvalue weighted by atomic mass is 9.88. The van der Waals surface area contributed by atoms with Crippen LogP contribution in [0.1, 0.15) is 43.4 Å². The summed E-state index contributed by atoms with van der Waals surface area (Å²) in [6, 6.07) is 26.4. The smallest absolute Gasteiger partial charge is 0.124 e. The topological polar surface area (TPSA) is 32.7 Å². The van der Waals surface area contributed by atoms with Crippen LogP contribution in [0, 0.1) is 0 Å². The van der Waals surface area contributed by atoms with Crippen molar-refractivity contribution in [2.75, 3.05) is 19.6 Å². The highest BCUT2D eigenvalue weighted by Crippen LogP contribution is 2.36. The Morgan fingerprint density at radius 1 is 0.871 bits per heavy atom. The molecule has 3 aromatic rings. The molecule has 1 heterocycles. The number of benzene rings is 3. The Kier molecular flexibility index (Phi) is 6.73. The Hall–Kier alpha value is -3.04. The molecule has 0 aliphatic carbocycles. The van der Waals surface area contributed by atoms with Crippen LogP contribution in [-0.4, -0.2) is 35.7 Å². The molecule has 1 saturated heterocycles. The van der Waals surface area contributed by atoms with Gasteiger partial charge in [-0.25, -0.2) is 0 Å². The highest BCUT2D eigenvalue weighted by molar-refractivity contribution is 5.98. The van der Waals surface area contributed by atoms with Crippen LogP contribution in [0.5, 0.6) is 11.5 Å². The third-order valence-electron chi connectivity index (χ3n) is 5.82. The molecule has 0 amide bonds. The minimum Gasteiger partial charge on any atom is -0.508 e. The number of phenolic OH excluding ortho intramolecular Hbond substituents is 1. The standard InChI is InChI=1S/C28H31NO2/c1-3-17-29-19-26(20-29)31-25-15-13-22(14-16-25)28(23-11-8-12-24(30)18-23)27(4-2)21-9-6-5-7-10-21/h5-16,18,26,30H,3-4,17,19-20H2,1-2H3. The molecular weight excluding hydrogens is 382 g/mol. The second-order valence-corrected chi connectivity index (χ2v) is 8.15. The number of likely N-dealkylation sites (tertiary alicyclic amines) is 1. The van der Waals surface area contributed by atoms with Crippen molar-refractivity contribution in [1.29, 1.82) is 0 Å². The van der Waals surface area contributed by atoms with Crippen LogP contribution in [0.4, 0.5) is 0 Å². The Labute approximate surface area is 185 Å². The zero-order valence-electron chi connectivity index (χ0n) is 18.4. The lowest BCUT2D eigenvalue weighted by Crippen LogP contribution is -2.53. The Morgan fingerprint density at radius 2 is 1.58 bits per heavy atom. The predicted octanol–water partition coefficient (Wildman–Crippen LogP) is 6.23. The third-order valence-corrected chi connectivity index (χ3v) is 5.82. The van der Waals surface area contributed by atoms with Gasteiger partial charge in [0.25, 0.3) is 0 Å². The third kappa shape index (κ3) is 5.00. The van der Waals surface area contributed by atoms with Gasteiger partial charge in [0.15, 0.2) is 0 Å². The summed E-state index contributed by atoms with van der Waals surface area (Å²) in [5, 5.41) is 10.1. The second-order valence-electron chi connectivity index (χ2n) is 8.15. The summed E-state index contributed by atoms with van der Waals surface area (Å²) in [5.41, 5.74) is 5.75. The maximum absolute atomic E-state index is 10.1. The molecule has 3 aromatic carbocycles. The van der Waals surface area contributed by atoms with E-state index in [1.54, 1.807) is 6.07 Å². The van der Waals surface area contributed by atoms with E-state index in [9.17, 15) is 5.11 Å². The zero-order chi connectivity index (χ0) is 21.6. The van der Waals surface area contributed by atoms with E-state index in [0.29, 0.717) is 0 Å². The van der Waals surface area contributed by atoms with E-state index in [-0.39, 0.29) is 11.9 Å². The van der Waals surface area contributed by atoms with Crippen LogP contribution >= 0.6 is 0 Å². The number of aromatic hydroxyl groups is 1. The number of ether oxygens (including phenoxy) is 1. The SMILES string of the molecule is CCCN1CC(Oc2ccc(C(=C(CC)c3ccccc3)c3cccc(O)c3)cc2)C1. The summed E-state index contributed by atoms with van der Waals surface area (Å²) in [6.07, 6.45) is 2.36. The average molecular weight is 414 g/mol. The molecule has 1 fully saturated rings. The molecule has 3 nitrogen and oxygen atoms in total. The predicted molar refractivity (Wildman–Crippen MR) is 128 cm³/mol.